The number of carboxylic acid groups (broad SMARTS) is 1. The van der Waals surface area contributed by atoms with Crippen molar-refractivity contribution >= 4 is 17.9 Å². The van der Waals surface area contributed by atoms with Crippen LogP contribution in [0.15, 0.2) is 85.1 Å². The van der Waals surface area contributed by atoms with E-state index in [1.165, 1.54) is 38.5 Å². The molecule has 306 valence electrons. The van der Waals surface area contributed by atoms with E-state index in [0.29, 0.717) is 19.3 Å². The van der Waals surface area contributed by atoms with E-state index >= 15 is 0 Å². The third-order valence-electron chi connectivity index (χ3n) is 8.54. The van der Waals surface area contributed by atoms with Crippen LogP contribution in [-0.4, -0.2) is 80.6 Å². The normalized spacial score (nSPS) is 13.9. The van der Waals surface area contributed by atoms with Crippen molar-refractivity contribution in [2.45, 2.75) is 148 Å². The first-order chi connectivity index (χ1) is 26.1. The Bertz CT molecular complexity index is 1160. The van der Waals surface area contributed by atoms with Gasteiger partial charge in [-0.2, -0.15) is 0 Å². The van der Waals surface area contributed by atoms with Crippen molar-refractivity contribution in [2.24, 2.45) is 0 Å². The Balaban J connectivity index is 4.57. The average Bonchev–Trinajstić information content (AvgIpc) is 3.12. The van der Waals surface area contributed by atoms with E-state index in [0.717, 1.165) is 51.4 Å². The van der Waals surface area contributed by atoms with Crippen LogP contribution < -0.4 is 0 Å². The lowest BCUT2D eigenvalue weighted by atomic mass is 10.1. The van der Waals surface area contributed by atoms with Gasteiger partial charge in [0.2, 0.25) is 0 Å². The molecule has 0 saturated carbocycles. The van der Waals surface area contributed by atoms with Crippen LogP contribution in [0.1, 0.15) is 136 Å². The minimum Gasteiger partial charge on any atom is -0.477 e. The van der Waals surface area contributed by atoms with Crippen molar-refractivity contribution in [1.82, 2.24) is 0 Å². The highest BCUT2D eigenvalue weighted by atomic mass is 16.6. The number of carbonyl (C=O) groups excluding carboxylic acids is 2. The van der Waals surface area contributed by atoms with Crippen molar-refractivity contribution in [3.8, 4) is 0 Å². The molecule has 0 bridgehead atoms. The van der Waals surface area contributed by atoms with Gasteiger partial charge in [-0.3, -0.25) is 9.59 Å². The van der Waals surface area contributed by atoms with E-state index in [4.69, 9.17) is 14.2 Å². The third kappa shape index (κ3) is 34.3. The van der Waals surface area contributed by atoms with E-state index in [1.54, 1.807) is 0 Å². The third-order valence-corrected chi connectivity index (χ3v) is 8.54. The molecule has 0 aliphatic rings. The minimum absolute atomic E-state index is 0.0157. The monoisotopic (exact) mass is 755 g/mol. The standard InChI is InChI=1S/C46H75NO7/c1-6-8-10-12-14-16-18-20-21-22-23-25-26-28-30-32-34-36-44(48)53-41-42(40-52-39-38-43(46(50)51)47(3,4)5)54-45(49)37-35-33-31-29-27-24-19-17-15-13-11-9-7-2/h8,10,14,16,20-21,23-25,27-28,30-31,33,42-43H,6-7,9,11-13,15,17-19,22,26,29,32,34-41H2,1-5H3/p+1/b10-8+,16-14+,21-20+,25-23+,27-24+,30-28+,33-31+. The first-order valence-corrected chi connectivity index (χ1v) is 20.6. The van der Waals surface area contributed by atoms with Crippen LogP contribution in [0.4, 0.5) is 0 Å². The summed E-state index contributed by atoms with van der Waals surface area (Å²) >= 11 is 0. The van der Waals surface area contributed by atoms with Gasteiger partial charge in [0.25, 0.3) is 0 Å². The number of carboxylic acids is 1. The summed E-state index contributed by atoms with van der Waals surface area (Å²) in [7, 11) is 5.48. The Morgan fingerprint density at radius 3 is 1.61 bits per heavy atom. The Hall–Kier alpha value is -3.49. The minimum atomic E-state index is -0.894. The van der Waals surface area contributed by atoms with Crippen LogP contribution in [0.2, 0.25) is 0 Å². The van der Waals surface area contributed by atoms with E-state index in [-0.39, 0.29) is 43.1 Å². The predicted octanol–water partition coefficient (Wildman–Crippen LogP) is 11.0. The molecule has 0 aliphatic heterocycles. The SMILES string of the molecule is CC/C=C/C/C=C/C/C=C/C/C=C/C/C=C/CCCC(=O)OCC(COCCC(C(=O)O)[N+](C)(C)C)OC(=O)CC/C=C/C/C=C/CCCCCCCC. The Morgan fingerprint density at radius 2 is 1.07 bits per heavy atom. The number of quaternary nitrogens is 1. The fourth-order valence-corrected chi connectivity index (χ4v) is 5.35. The van der Waals surface area contributed by atoms with Crippen molar-refractivity contribution in [3.05, 3.63) is 85.1 Å². The number of likely N-dealkylation sites (N-methyl/N-ethyl adjacent to an activating group) is 1. The lowest BCUT2D eigenvalue weighted by molar-refractivity contribution is -0.887. The summed E-state index contributed by atoms with van der Waals surface area (Å²) in [5.41, 5.74) is 0. The number of unbranched alkanes of at least 4 members (excludes halogenated alkanes) is 7. The van der Waals surface area contributed by atoms with Crippen LogP contribution in [0.25, 0.3) is 0 Å². The molecule has 0 aliphatic carbocycles. The molecule has 8 heteroatoms. The Labute approximate surface area is 329 Å². The fourth-order valence-electron chi connectivity index (χ4n) is 5.35. The smallest absolute Gasteiger partial charge is 0.362 e. The molecule has 0 rings (SSSR count). The van der Waals surface area contributed by atoms with Crippen LogP contribution >= 0.6 is 0 Å². The summed E-state index contributed by atoms with van der Waals surface area (Å²) < 4.78 is 17.1. The molecule has 0 heterocycles. The molecule has 0 radical (unpaired) electrons. The molecule has 0 spiro atoms. The van der Waals surface area contributed by atoms with Gasteiger partial charge in [0, 0.05) is 19.3 Å². The molecular weight excluding hydrogens is 679 g/mol. The predicted molar refractivity (Wildman–Crippen MR) is 224 cm³/mol. The van der Waals surface area contributed by atoms with Gasteiger partial charge >= 0.3 is 17.9 Å². The first kappa shape index (κ1) is 50.5. The number of rotatable bonds is 35. The Morgan fingerprint density at radius 1 is 0.574 bits per heavy atom. The highest BCUT2D eigenvalue weighted by molar-refractivity contribution is 5.72. The number of allylic oxidation sites excluding steroid dienone is 14. The van der Waals surface area contributed by atoms with Gasteiger partial charge in [-0.05, 0) is 70.6 Å². The first-order valence-electron chi connectivity index (χ1n) is 20.6. The summed E-state index contributed by atoms with van der Waals surface area (Å²) in [4.78, 5) is 36.8. The van der Waals surface area contributed by atoms with Gasteiger partial charge in [0.1, 0.15) is 6.61 Å². The second kappa shape index (κ2) is 36.5. The molecule has 0 aromatic carbocycles. The number of hydrogen-bond donors (Lipinski definition) is 1. The van der Waals surface area contributed by atoms with Crippen LogP contribution in [0, 0.1) is 0 Å². The van der Waals surface area contributed by atoms with Crippen molar-refractivity contribution < 1.29 is 38.2 Å². The maximum absolute atomic E-state index is 12.6. The molecule has 0 aromatic rings. The van der Waals surface area contributed by atoms with E-state index in [1.807, 2.05) is 27.2 Å². The van der Waals surface area contributed by atoms with Crippen LogP contribution in [-0.2, 0) is 28.6 Å². The second-order valence-corrected chi connectivity index (χ2v) is 14.5. The quantitative estimate of drug-likeness (QED) is 0.0298. The zero-order valence-electron chi connectivity index (χ0n) is 34.6. The van der Waals surface area contributed by atoms with Gasteiger partial charge < -0.3 is 23.8 Å². The van der Waals surface area contributed by atoms with Crippen LogP contribution in [0.3, 0.4) is 0 Å². The van der Waals surface area contributed by atoms with E-state index in [9.17, 15) is 19.5 Å². The second-order valence-electron chi connectivity index (χ2n) is 14.5. The fraction of sp³-hybridized carbons (Fsp3) is 0.630. The van der Waals surface area contributed by atoms with E-state index < -0.39 is 24.1 Å². The van der Waals surface area contributed by atoms with Gasteiger partial charge in [-0.1, -0.05) is 131 Å². The molecule has 2 unspecified atom stereocenters. The lowest BCUT2D eigenvalue weighted by Gasteiger charge is -2.31. The molecule has 2 atom stereocenters. The zero-order valence-corrected chi connectivity index (χ0v) is 34.6. The van der Waals surface area contributed by atoms with Crippen molar-refractivity contribution in [1.29, 1.82) is 0 Å². The number of esters is 2. The van der Waals surface area contributed by atoms with Gasteiger partial charge in [0.05, 0.1) is 34.4 Å². The summed E-state index contributed by atoms with van der Waals surface area (Å²) in [5, 5.41) is 9.60. The number of aliphatic carboxylic acids is 1. The summed E-state index contributed by atoms with van der Waals surface area (Å²) in [5.74, 6) is -1.64. The summed E-state index contributed by atoms with van der Waals surface area (Å²) in [6.07, 6.45) is 46.5. The van der Waals surface area contributed by atoms with Gasteiger partial charge in [-0.25, -0.2) is 4.79 Å². The van der Waals surface area contributed by atoms with Gasteiger partial charge in [0.15, 0.2) is 12.1 Å². The maximum atomic E-state index is 12.6. The summed E-state index contributed by atoms with van der Waals surface area (Å²) in [6, 6.07) is -0.635. The molecule has 0 fully saturated rings. The van der Waals surface area contributed by atoms with E-state index in [2.05, 4.69) is 92.8 Å². The van der Waals surface area contributed by atoms with Crippen molar-refractivity contribution in [3.63, 3.8) is 0 Å². The largest absolute Gasteiger partial charge is 0.477 e. The van der Waals surface area contributed by atoms with Crippen LogP contribution in [0.5, 0.6) is 0 Å². The highest BCUT2D eigenvalue weighted by Gasteiger charge is 2.31. The average molecular weight is 755 g/mol. The number of hydrogen-bond acceptors (Lipinski definition) is 6. The Kier molecular flexibility index (Phi) is 34.1. The van der Waals surface area contributed by atoms with Gasteiger partial charge in [-0.15, -0.1) is 0 Å². The number of nitrogens with zero attached hydrogens (tertiary/aromatic N) is 1. The number of ether oxygens (including phenoxy) is 3. The zero-order chi connectivity index (χ0) is 40.0. The molecule has 1 N–H and O–H groups in total. The lowest BCUT2D eigenvalue weighted by Crippen LogP contribution is -2.50. The summed E-state index contributed by atoms with van der Waals surface area (Å²) in [6.45, 7) is 4.46. The molecule has 0 amide bonds. The molecule has 8 nitrogen and oxygen atoms in total. The highest BCUT2D eigenvalue weighted by Crippen LogP contribution is 2.11. The maximum Gasteiger partial charge on any atom is 0.362 e. The topological polar surface area (TPSA) is 99.1 Å². The molecular formula is C46H76NO7+. The van der Waals surface area contributed by atoms with Crippen molar-refractivity contribution in [2.75, 3.05) is 41.0 Å². The molecule has 0 saturated heterocycles. The number of carbonyl (C=O) groups is 3. The molecule has 0 aromatic heterocycles. The molecule has 54 heavy (non-hydrogen) atoms.